The summed E-state index contributed by atoms with van der Waals surface area (Å²) in [6.45, 7) is 3.34. The van der Waals surface area contributed by atoms with Crippen LogP contribution in [0.5, 0.6) is 0 Å². The number of nitrogens with one attached hydrogen (secondary N) is 1. The zero-order chi connectivity index (χ0) is 15.2. The Kier molecular flexibility index (Phi) is 2.97. The van der Waals surface area contributed by atoms with Gasteiger partial charge in [0.25, 0.3) is 0 Å². The van der Waals surface area contributed by atoms with Gasteiger partial charge in [0.05, 0.1) is 29.8 Å². The van der Waals surface area contributed by atoms with E-state index in [2.05, 4.69) is 37.1 Å². The Morgan fingerprint density at radius 2 is 1.91 bits per heavy atom. The van der Waals surface area contributed by atoms with Crippen LogP contribution in [0, 0.1) is 5.82 Å². The number of rotatable bonds is 3. The SMILES string of the molecule is CN1CCC12CN(c1ccc(Nc3ncc(F)cn3)nc1)C2. The van der Waals surface area contributed by atoms with E-state index in [1.807, 2.05) is 18.3 Å². The van der Waals surface area contributed by atoms with Crippen LogP contribution in [0.1, 0.15) is 6.42 Å². The smallest absolute Gasteiger partial charge is 0.228 e. The van der Waals surface area contributed by atoms with Crippen molar-refractivity contribution in [2.45, 2.75) is 12.0 Å². The lowest BCUT2D eigenvalue weighted by atomic mass is 9.78. The Hall–Kier alpha value is -2.28. The van der Waals surface area contributed by atoms with Gasteiger partial charge in [-0.05, 0) is 25.6 Å². The van der Waals surface area contributed by atoms with E-state index in [1.54, 1.807) is 0 Å². The fourth-order valence-corrected chi connectivity index (χ4v) is 3.04. The molecule has 0 amide bonds. The van der Waals surface area contributed by atoms with Crippen molar-refractivity contribution in [3.05, 3.63) is 36.5 Å². The number of likely N-dealkylation sites (tertiary alicyclic amines) is 1. The van der Waals surface area contributed by atoms with E-state index in [0.29, 0.717) is 17.3 Å². The summed E-state index contributed by atoms with van der Waals surface area (Å²) in [5.74, 6) is 0.522. The van der Waals surface area contributed by atoms with E-state index in [1.165, 1.54) is 13.0 Å². The maximum Gasteiger partial charge on any atom is 0.228 e. The summed E-state index contributed by atoms with van der Waals surface area (Å²) in [6, 6.07) is 3.92. The third kappa shape index (κ3) is 2.18. The van der Waals surface area contributed by atoms with Gasteiger partial charge in [0.15, 0.2) is 5.82 Å². The van der Waals surface area contributed by atoms with Crippen LogP contribution in [0.15, 0.2) is 30.7 Å². The molecular formula is C15H17FN6. The van der Waals surface area contributed by atoms with Crippen molar-refractivity contribution in [1.29, 1.82) is 0 Å². The zero-order valence-electron chi connectivity index (χ0n) is 12.3. The van der Waals surface area contributed by atoms with Crippen molar-refractivity contribution in [3.8, 4) is 0 Å². The van der Waals surface area contributed by atoms with Crippen LogP contribution >= 0.6 is 0 Å². The van der Waals surface area contributed by atoms with Gasteiger partial charge in [-0.15, -0.1) is 0 Å². The molecule has 0 atom stereocenters. The zero-order valence-corrected chi connectivity index (χ0v) is 12.3. The molecule has 0 radical (unpaired) electrons. The molecule has 1 N–H and O–H groups in total. The van der Waals surface area contributed by atoms with E-state index < -0.39 is 5.82 Å². The van der Waals surface area contributed by atoms with E-state index in [9.17, 15) is 4.39 Å². The molecule has 2 aromatic rings. The summed E-state index contributed by atoms with van der Waals surface area (Å²) in [5, 5.41) is 2.95. The van der Waals surface area contributed by atoms with Crippen LogP contribution in [0.4, 0.5) is 21.8 Å². The minimum absolute atomic E-state index is 0.334. The van der Waals surface area contributed by atoms with Crippen molar-refractivity contribution >= 4 is 17.5 Å². The second-order valence-electron chi connectivity index (χ2n) is 6.00. The second-order valence-corrected chi connectivity index (χ2v) is 6.00. The number of likely N-dealkylation sites (N-methyl/N-ethyl adjacent to an activating group) is 1. The monoisotopic (exact) mass is 300 g/mol. The predicted octanol–water partition coefficient (Wildman–Crippen LogP) is 1.65. The highest BCUT2D eigenvalue weighted by molar-refractivity contribution is 5.56. The average molecular weight is 300 g/mol. The van der Waals surface area contributed by atoms with Crippen molar-refractivity contribution in [2.75, 3.05) is 36.9 Å². The fourth-order valence-electron chi connectivity index (χ4n) is 3.04. The summed E-state index contributed by atoms with van der Waals surface area (Å²) in [5.41, 5.74) is 1.52. The standard InChI is InChI=1S/C15H17FN6/c1-21-5-4-15(21)9-22(10-15)12-2-3-13(17-8-12)20-14-18-6-11(16)7-19-14/h2-3,6-8H,4-5,9-10H2,1H3,(H,17,18,19,20). The number of hydrogen-bond acceptors (Lipinski definition) is 6. The molecule has 0 saturated carbocycles. The summed E-state index contributed by atoms with van der Waals surface area (Å²) in [6.07, 6.45) is 5.38. The predicted molar refractivity (Wildman–Crippen MR) is 81.7 cm³/mol. The van der Waals surface area contributed by atoms with Gasteiger partial charge < -0.3 is 10.2 Å². The number of aromatic nitrogens is 3. The molecule has 2 aromatic heterocycles. The van der Waals surface area contributed by atoms with Crippen LogP contribution in [-0.4, -0.2) is 52.1 Å². The second kappa shape index (κ2) is 4.88. The Balaban J connectivity index is 1.40. The van der Waals surface area contributed by atoms with Crippen molar-refractivity contribution in [3.63, 3.8) is 0 Å². The van der Waals surface area contributed by atoms with Gasteiger partial charge in [0.1, 0.15) is 5.82 Å². The Bertz CT molecular complexity index is 665. The van der Waals surface area contributed by atoms with E-state index in [0.717, 1.165) is 31.2 Å². The van der Waals surface area contributed by atoms with E-state index >= 15 is 0 Å². The number of nitrogens with zero attached hydrogens (tertiary/aromatic N) is 5. The molecule has 0 aliphatic carbocycles. The van der Waals surface area contributed by atoms with Crippen molar-refractivity contribution in [1.82, 2.24) is 19.9 Å². The summed E-state index contributed by atoms with van der Waals surface area (Å²) in [7, 11) is 2.19. The van der Waals surface area contributed by atoms with Gasteiger partial charge in [-0.3, -0.25) is 4.90 Å². The molecule has 2 aliphatic heterocycles. The number of anilines is 3. The molecule has 2 fully saturated rings. The molecular weight excluding hydrogens is 283 g/mol. The lowest BCUT2D eigenvalue weighted by Crippen LogP contribution is -2.75. The Morgan fingerprint density at radius 1 is 1.14 bits per heavy atom. The molecule has 2 saturated heterocycles. The fraction of sp³-hybridized carbons (Fsp3) is 0.400. The third-order valence-corrected chi connectivity index (χ3v) is 4.67. The molecule has 1 spiro atoms. The first kappa shape index (κ1) is 13.4. The molecule has 22 heavy (non-hydrogen) atoms. The lowest BCUT2D eigenvalue weighted by Gasteiger charge is -2.62. The van der Waals surface area contributed by atoms with Crippen molar-refractivity contribution in [2.24, 2.45) is 0 Å². The highest BCUT2D eigenvalue weighted by Crippen LogP contribution is 2.39. The summed E-state index contributed by atoms with van der Waals surface area (Å²) in [4.78, 5) is 16.8. The number of halogens is 1. The molecule has 2 aliphatic rings. The lowest BCUT2D eigenvalue weighted by molar-refractivity contribution is -0.0128. The van der Waals surface area contributed by atoms with E-state index in [4.69, 9.17) is 0 Å². The average Bonchev–Trinajstić information content (AvgIpc) is 2.48. The molecule has 6 nitrogen and oxygen atoms in total. The third-order valence-electron chi connectivity index (χ3n) is 4.67. The number of pyridine rings is 1. The van der Waals surface area contributed by atoms with Crippen LogP contribution in [0.2, 0.25) is 0 Å². The van der Waals surface area contributed by atoms with E-state index in [-0.39, 0.29) is 0 Å². The maximum atomic E-state index is 12.8. The largest absolute Gasteiger partial charge is 0.366 e. The first-order chi connectivity index (χ1) is 10.6. The van der Waals surface area contributed by atoms with Crippen LogP contribution < -0.4 is 10.2 Å². The first-order valence-electron chi connectivity index (χ1n) is 7.31. The highest BCUT2D eigenvalue weighted by atomic mass is 19.1. The molecule has 0 bridgehead atoms. The quantitative estimate of drug-likeness (QED) is 0.930. The molecule has 4 rings (SSSR count). The maximum absolute atomic E-state index is 12.8. The van der Waals surface area contributed by atoms with Crippen LogP contribution in [-0.2, 0) is 0 Å². The minimum atomic E-state index is -0.457. The molecule has 114 valence electrons. The first-order valence-corrected chi connectivity index (χ1v) is 7.31. The van der Waals surface area contributed by atoms with Crippen molar-refractivity contribution < 1.29 is 4.39 Å². The Labute approximate surface area is 128 Å². The van der Waals surface area contributed by atoms with Gasteiger partial charge in [-0.1, -0.05) is 0 Å². The van der Waals surface area contributed by atoms with Crippen LogP contribution in [0.3, 0.4) is 0 Å². The molecule has 0 unspecified atom stereocenters. The normalized spacial score (nSPS) is 19.6. The molecule has 7 heteroatoms. The van der Waals surface area contributed by atoms with Gasteiger partial charge in [-0.25, -0.2) is 19.3 Å². The minimum Gasteiger partial charge on any atom is -0.366 e. The topological polar surface area (TPSA) is 57.2 Å². The summed E-state index contributed by atoms with van der Waals surface area (Å²) >= 11 is 0. The highest BCUT2D eigenvalue weighted by Gasteiger charge is 2.51. The number of hydrogen-bond donors (Lipinski definition) is 1. The van der Waals surface area contributed by atoms with Gasteiger partial charge in [0, 0.05) is 19.6 Å². The van der Waals surface area contributed by atoms with Gasteiger partial charge in [-0.2, -0.15) is 0 Å². The molecule has 0 aromatic carbocycles. The molecule has 4 heterocycles. The Morgan fingerprint density at radius 3 is 2.45 bits per heavy atom. The van der Waals surface area contributed by atoms with Crippen LogP contribution in [0.25, 0.3) is 0 Å². The van der Waals surface area contributed by atoms with Gasteiger partial charge >= 0.3 is 0 Å². The van der Waals surface area contributed by atoms with Gasteiger partial charge in [0.2, 0.25) is 5.95 Å². The summed E-state index contributed by atoms with van der Waals surface area (Å²) < 4.78 is 12.8.